The van der Waals surface area contributed by atoms with Gasteiger partial charge in [-0.05, 0) is 50.9 Å². The van der Waals surface area contributed by atoms with Crippen molar-refractivity contribution in [2.45, 2.75) is 39.5 Å². The third-order valence-electron chi connectivity index (χ3n) is 4.56. The van der Waals surface area contributed by atoms with Crippen LogP contribution in [0.2, 0.25) is 0 Å². The number of halogens is 1. The average molecular weight is 363 g/mol. The molecule has 0 spiro atoms. The first-order chi connectivity index (χ1) is 11.5. The molecule has 0 atom stereocenters. The predicted molar refractivity (Wildman–Crippen MR) is 104 cm³/mol. The molecular weight excluding hydrogens is 336 g/mol. The van der Waals surface area contributed by atoms with E-state index in [-0.39, 0.29) is 24.2 Å². The lowest BCUT2D eigenvalue weighted by atomic mass is 9.97. The molecule has 0 saturated carbocycles. The summed E-state index contributed by atoms with van der Waals surface area (Å²) in [6.45, 7) is 8.10. The fourth-order valence-electron chi connectivity index (χ4n) is 2.97. The number of carbonyl (C=O) groups is 1. The summed E-state index contributed by atoms with van der Waals surface area (Å²) < 4.78 is 1.84. The number of carbonyl (C=O) groups excluding carboxylic acids is 1. The van der Waals surface area contributed by atoms with E-state index in [4.69, 9.17) is 5.10 Å². The van der Waals surface area contributed by atoms with Crippen molar-refractivity contribution in [2.75, 3.05) is 18.4 Å². The van der Waals surface area contributed by atoms with Crippen LogP contribution in [-0.2, 0) is 4.79 Å². The quantitative estimate of drug-likeness (QED) is 0.872. The Morgan fingerprint density at radius 3 is 2.48 bits per heavy atom. The molecule has 25 heavy (non-hydrogen) atoms. The summed E-state index contributed by atoms with van der Waals surface area (Å²) in [5, 5.41) is 11.1. The molecule has 1 aliphatic rings. The van der Waals surface area contributed by atoms with E-state index in [9.17, 15) is 4.79 Å². The molecule has 2 aromatic rings. The summed E-state index contributed by atoms with van der Waals surface area (Å²) in [6.07, 6.45) is 1.78. The molecule has 0 radical (unpaired) electrons. The average Bonchev–Trinajstić information content (AvgIpc) is 3.00. The Labute approximate surface area is 155 Å². The fourth-order valence-corrected chi connectivity index (χ4v) is 2.97. The molecule has 1 fully saturated rings. The molecule has 5 nitrogen and oxygen atoms in total. The van der Waals surface area contributed by atoms with Crippen LogP contribution in [0, 0.1) is 12.8 Å². The van der Waals surface area contributed by atoms with Crippen LogP contribution in [0.5, 0.6) is 0 Å². The van der Waals surface area contributed by atoms with Crippen LogP contribution < -0.4 is 10.6 Å². The van der Waals surface area contributed by atoms with Crippen molar-refractivity contribution in [2.24, 2.45) is 5.92 Å². The van der Waals surface area contributed by atoms with Gasteiger partial charge in [-0.2, -0.15) is 5.10 Å². The lowest BCUT2D eigenvalue weighted by molar-refractivity contribution is -0.120. The number of amides is 1. The van der Waals surface area contributed by atoms with Gasteiger partial charge in [-0.1, -0.05) is 31.5 Å². The largest absolute Gasteiger partial charge is 0.317 e. The molecular formula is C19H27ClN4O. The molecule has 1 saturated heterocycles. The van der Waals surface area contributed by atoms with E-state index in [0.29, 0.717) is 5.92 Å². The molecule has 0 unspecified atom stereocenters. The number of aromatic nitrogens is 2. The smallest absolute Gasteiger partial charge is 0.228 e. The van der Waals surface area contributed by atoms with Gasteiger partial charge in [0.2, 0.25) is 5.91 Å². The fraction of sp³-hybridized carbons (Fsp3) is 0.474. The van der Waals surface area contributed by atoms with E-state index >= 15 is 0 Å². The van der Waals surface area contributed by atoms with Gasteiger partial charge in [0.05, 0.1) is 11.4 Å². The predicted octanol–water partition coefficient (Wildman–Crippen LogP) is 3.66. The van der Waals surface area contributed by atoms with E-state index in [1.165, 1.54) is 5.56 Å². The van der Waals surface area contributed by atoms with Crippen LogP contribution in [0.3, 0.4) is 0 Å². The highest BCUT2D eigenvalue weighted by molar-refractivity contribution is 5.92. The van der Waals surface area contributed by atoms with E-state index in [2.05, 4.69) is 43.5 Å². The summed E-state index contributed by atoms with van der Waals surface area (Å²) in [7, 11) is 0. The van der Waals surface area contributed by atoms with Crippen molar-refractivity contribution in [3.05, 3.63) is 41.6 Å². The number of piperidine rings is 1. The van der Waals surface area contributed by atoms with Crippen LogP contribution >= 0.6 is 12.4 Å². The highest BCUT2D eigenvalue weighted by Gasteiger charge is 2.23. The Balaban J connectivity index is 0.00000225. The summed E-state index contributed by atoms with van der Waals surface area (Å²) in [6, 6.07) is 10.2. The van der Waals surface area contributed by atoms with Crippen molar-refractivity contribution in [3.63, 3.8) is 0 Å². The lowest BCUT2D eigenvalue weighted by Crippen LogP contribution is -2.35. The van der Waals surface area contributed by atoms with Gasteiger partial charge >= 0.3 is 0 Å². The van der Waals surface area contributed by atoms with Crippen LogP contribution in [0.25, 0.3) is 5.69 Å². The van der Waals surface area contributed by atoms with Crippen molar-refractivity contribution in [1.29, 1.82) is 0 Å². The number of hydrogen-bond acceptors (Lipinski definition) is 3. The maximum absolute atomic E-state index is 12.6. The minimum absolute atomic E-state index is 0. The number of hydrogen-bond donors (Lipinski definition) is 2. The first-order valence-corrected chi connectivity index (χ1v) is 8.73. The SMILES string of the molecule is Cc1ccc(-n2nc(C(C)C)cc2NC(=O)C2CCNCC2)cc1.Cl. The van der Waals surface area contributed by atoms with Crippen LogP contribution in [0.4, 0.5) is 5.82 Å². The Morgan fingerprint density at radius 1 is 1.24 bits per heavy atom. The summed E-state index contributed by atoms with van der Waals surface area (Å²) in [5.74, 6) is 1.24. The highest BCUT2D eigenvalue weighted by Crippen LogP contribution is 2.24. The zero-order chi connectivity index (χ0) is 17.1. The van der Waals surface area contributed by atoms with E-state index in [1.54, 1.807) is 0 Å². The zero-order valence-electron chi connectivity index (χ0n) is 15.1. The standard InChI is InChI=1S/C19H26N4O.ClH/c1-13(2)17-12-18(21-19(24)15-8-10-20-11-9-15)23(22-17)16-6-4-14(3)5-7-16;/h4-7,12-13,15,20H,8-11H2,1-3H3,(H,21,24);1H. The topological polar surface area (TPSA) is 59.0 Å². The molecule has 136 valence electrons. The van der Waals surface area contributed by atoms with Gasteiger partial charge in [-0.15, -0.1) is 12.4 Å². The van der Waals surface area contributed by atoms with E-state index in [0.717, 1.165) is 43.1 Å². The number of anilines is 1. The first-order valence-electron chi connectivity index (χ1n) is 8.73. The highest BCUT2D eigenvalue weighted by atomic mass is 35.5. The summed E-state index contributed by atoms with van der Waals surface area (Å²) in [4.78, 5) is 12.6. The Morgan fingerprint density at radius 2 is 1.88 bits per heavy atom. The first kappa shape index (κ1) is 19.5. The maximum Gasteiger partial charge on any atom is 0.228 e. The van der Waals surface area contributed by atoms with Gasteiger partial charge in [-0.25, -0.2) is 4.68 Å². The molecule has 6 heteroatoms. The van der Waals surface area contributed by atoms with Gasteiger partial charge < -0.3 is 10.6 Å². The maximum atomic E-state index is 12.6. The molecule has 0 bridgehead atoms. The monoisotopic (exact) mass is 362 g/mol. The molecule has 2 N–H and O–H groups in total. The second kappa shape index (κ2) is 8.50. The number of nitrogens with zero attached hydrogens (tertiary/aromatic N) is 2. The van der Waals surface area contributed by atoms with Crippen LogP contribution in [0.1, 0.15) is 43.9 Å². The van der Waals surface area contributed by atoms with Crippen molar-refractivity contribution in [1.82, 2.24) is 15.1 Å². The van der Waals surface area contributed by atoms with Crippen molar-refractivity contribution < 1.29 is 4.79 Å². The summed E-state index contributed by atoms with van der Waals surface area (Å²) in [5.41, 5.74) is 3.15. The third-order valence-corrected chi connectivity index (χ3v) is 4.56. The molecule has 1 aromatic carbocycles. The van der Waals surface area contributed by atoms with Gasteiger partial charge in [0, 0.05) is 12.0 Å². The zero-order valence-corrected chi connectivity index (χ0v) is 15.9. The lowest BCUT2D eigenvalue weighted by Gasteiger charge is -2.21. The van der Waals surface area contributed by atoms with Crippen LogP contribution in [0.15, 0.2) is 30.3 Å². The molecule has 0 aliphatic carbocycles. The summed E-state index contributed by atoms with van der Waals surface area (Å²) >= 11 is 0. The minimum atomic E-state index is 0. The Hall–Kier alpha value is -1.85. The van der Waals surface area contributed by atoms with Crippen LogP contribution in [-0.4, -0.2) is 28.8 Å². The molecule has 1 amide bonds. The van der Waals surface area contributed by atoms with Gasteiger partial charge in [-0.3, -0.25) is 4.79 Å². The molecule has 3 rings (SSSR count). The second-order valence-electron chi connectivity index (χ2n) is 6.87. The number of benzene rings is 1. The normalized spacial score (nSPS) is 15.0. The molecule has 1 aliphatic heterocycles. The third kappa shape index (κ3) is 4.61. The van der Waals surface area contributed by atoms with Crippen molar-refractivity contribution >= 4 is 24.1 Å². The second-order valence-corrected chi connectivity index (χ2v) is 6.87. The number of aryl methyl sites for hydroxylation is 1. The van der Waals surface area contributed by atoms with E-state index in [1.807, 2.05) is 22.9 Å². The van der Waals surface area contributed by atoms with Crippen molar-refractivity contribution in [3.8, 4) is 5.69 Å². The van der Waals surface area contributed by atoms with Gasteiger partial charge in [0.25, 0.3) is 0 Å². The number of nitrogens with one attached hydrogen (secondary N) is 2. The number of rotatable bonds is 4. The van der Waals surface area contributed by atoms with Gasteiger partial charge in [0.1, 0.15) is 5.82 Å². The molecule has 1 aromatic heterocycles. The Bertz CT molecular complexity index is 703. The Kier molecular flexibility index (Phi) is 6.62. The van der Waals surface area contributed by atoms with Gasteiger partial charge in [0.15, 0.2) is 0 Å². The molecule has 2 heterocycles. The minimum Gasteiger partial charge on any atom is -0.317 e. The van der Waals surface area contributed by atoms with E-state index < -0.39 is 0 Å².